The van der Waals surface area contributed by atoms with Crippen LogP contribution in [0.15, 0.2) is 16.8 Å². The second-order valence-corrected chi connectivity index (χ2v) is 5.73. The molecule has 1 fully saturated rings. The summed E-state index contributed by atoms with van der Waals surface area (Å²) in [5.74, 6) is -0.197. The lowest BCUT2D eigenvalue weighted by Crippen LogP contribution is -2.48. The quantitative estimate of drug-likeness (QED) is 0.774. The fourth-order valence-corrected chi connectivity index (χ4v) is 3.10. The largest absolute Gasteiger partial charge is 0.469 e. The van der Waals surface area contributed by atoms with E-state index in [0.29, 0.717) is 19.1 Å². The van der Waals surface area contributed by atoms with Gasteiger partial charge < -0.3 is 9.47 Å². The summed E-state index contributed by atoms with van der Waals surface area (Å²) in [6.07, 6.45) is 1.36. The zero-order chi connectivity index (χ0) is 13.7. The minimum Gasteiger partial charge on any atom is -0.469 e. The zero-order valence-electron chi connectivity index (χ0n) is 11.5. The lowest BCUT2D eigenvalue weighted by Gasteiger charge is -2.36. The van der Waals surface area contributed by atoms with Crippen LogP contribution < -0.4 is 0 Å². The molecule has 2 heterocycles. The molecule has 0 N–H and O–H groups in total. The number of carbonyl (C=O) groups excluding carboxylic acids is 1. The molecule has 0 aliphatic carbocycles. The number of methoxy groups -OCH3 is 1. The van der Waals surface area contributed by atoms with Gasteiger partial charge in [0.15, 0.2) is 0 Å². The van der Waals surface area contributed by atoms with Gasteiger partial charge in [0.2, 0.25) is 0 Å². The molecular formula is C14H21NO3S. The van der Waals surface area contributed by atoms with Gasteiger partial charge in [-0.1, -0.05) is 0 Å². The first-order chi connectivity index (χ1) is 9.19. The molecule has 1 aromatic heterocycles. The molecule has 1 aliphatic rings. The number of esters is 1. The van der Waals surface area contributed by atoms with Crippen LogP contribution in [0, 0.1) is 0 Å². The predicted octanol–water partition coefficient (Wildman–Crippen LogP) is 1.94. The molecular weight excluding hydrogens is 262 g/mol. The van der Waals surface area contributed by atoms with Gasteiger partial charge in [0.25, 0.3) is 0 Å². The Labute approximate surface area is 118 Å². The summed E-state index contributed by atoms with van der Waals surface area (Å²) in [4.78, 5) is 13.7. The van der Waals surface area contributed by atoms with Crippen molar-refractivity contribution in [2.45, 2.75) is 31.9 Å². The summed E-state index contributed by atoms with van der Waals surface area (Å²) in [6, 6.07) is 2.65. The van der Waals surface area contributed by atoms with Crippen LogP contribution in [0.4, 0.5) is 0 Å². The van der Waals surface area contributed by atoms with Crippen molar-refractivity contribution in [3.63, 3.8) is 0 Å². The Bertz CT molecular complexity index is 393. The van der Waals surface area contributed by atoms with Crippen LogP contribution in [-0.2, 0) is 20.7 Å². The molecule has 5 heteroatoms. The van der Waals surface area contributed by atoms with Gasteiger partial charge in [0.1, 0.15) is 0 Å². The molecule has 2 atom stereocenters. The van der Waals surface area contributed by atoms with E-state index in [9.17, 15) is 4.79 Å². The van der Waals surface area contributed by atoms with Crippen molar-refractivity contribution in [1.29, 1.82) is 0 Å². The number of carbonyl (C=O) groups is 1. The second-order valence-electron chi connectivity index (χ2n) is 4.95. The summed E-state index contributed by atoms with van der Waals surface area (Å²) >= 11 is 1.74. The van der Waals surface area contributed by atoms with Crippen LogP contribution in [-0.4, -0.2) is 49.8 Å². The van der Waals surface area contributed by atoms with Crippen molar-refractivity contribution in [2.75, 3.05) is 26.8 Å². The first kappa shape index (κ1) is 14.5. The van der Waals surface area contributed by atoms with E-state index in [0.717, 1.165) is 19.5 Å². The maximum Gasteiger partial charge on any atom is 0.308 e. The molecule has 0 spiro atoms. The molecule has 0 bridgehead atoms. The van der Waals surface area contributed by atoms with Crippen LogP contribution in [0.2, 0.25) is 0 Å². The molecule has 0 amide bonds. The van der Waals surface area contributed by atoms with Crippen molar-refractivity contribution in [1.82, 2.24) is 4.90 Å². The molecule has 4 nitrogen and oxygen atoms in total. The fraction of sp³-hybridized carbons (Fsp3) is 0.643. The van der Waals surface area contributed by atoms with E-state index in [4.69, 9.17) is 9.47 Å². The van der Waals surface area contributed by atoms with Gasteiger partial charge in [-0.25, -0.2) is 0 Å². The highest BCUT2D eigenvalue weighted by atomic mass is 32.1. The van der Waals surface area contributed by atoms with Crippen molar-refractivity contribution in [3.8, 4) is 0 Å². The van der Waals surface area contributed by atoms with Gasteiger partial charge in [0, 0.05) is 19.1 Å². The van der Waals surface area contributed by atoms with Crippen LogP contribution in [0.5, 0.6) is 0 Å². The summed E-state index contributed by atoms with van der Waals surface area (Å²) in [5.41, 5.74) is 1.38. The molecule has 19 heavy (non-hydrogen) atoms. The first-order valence-electron chi connectivity index (χ1n) is 6.62. The predicted molar refractivity (Wildman–Crippen MR) is 75.4 cm³/mol. The molecule has 0 aromatic carbocycles. The minimum atomic E-state index is -0.197. The average Bonchev–Trinajstić information content (AvgIpc) is 2.91. The lowest BCUT2D eigenvalue weighted by atomic mass is 10.1. The zero-order valence-corrected chi connectivity index (χ0v) is 12.3. The molecule has 106 valence electrons. The van der Waals surface area contributed by atoms with E-state index < -0.39 is 0 Å². The molecule has 0 saturated carbocycles. The van der Waals surface area contributed by atoms with Gasteiger partial charge in [0.05, 0.1) is 26.2 Å². The van der Waals surface area contributed by atoms with E-state index in [-0.39, 0.29) is 12.1 Å². The van der Waals surface area contributed by atoms with Gasteiger partial charge in [-0.2, -0.15) is 11.3 Å². The number of morpholine rings is 1. The Kier molecular flexibility index (Phi) is 5.36. The second kappa shape index (κ2) is 7.03. The highest BCUT2D eigenvalue weighted by molar-refractivity contribution is 7.07. The van der Waals surface area contributed by atoms with E-state index in [1.165, 1.54) is 12.7 Å². The van der Waals surface area contributed by atoms with Gasteiger partial charge in [-0.15, -0.1) is 0 Å². The van der Waals surface area contributed by atoms with Crippen molar-refractivity contribution in [3.05, 3.63) is 22.4 Å². The number of thiophene rings is 1. The Morgan fingerprint density at radius 1 is 1.68 bits per heavy atom. The van der Waals surface area contributed by atoms with E-state index >= 15 is 0 Å². The maximum atomic E-state index is 11.3. The highest BCUT2D eigenvalue weighted by Crippen LogP contribution is 2.16. The number of hydrogen-bond donors (Lipinski definition) is 0. The topological polar surface area (TPSA) is 38.8 Å². The Balaban J connectivity index is 1.84. The summed E-state index contributed by atoms with van der Waals surface area (Å²) in [5, 5.41) is 4.31. The molecule has 0 radical (unpaired) electrons. The SMILES string of the molecule is COC(=O)C[C@H]1CN([C@@H](C)Cc2ccsc2)CCO1. The van der Waals surface area contributed by atoms with Crippen LogP contribution in [0.25, 0.3) is 0 Å². The third kappa shape index (κ3) is 4.30. The molecule has 1 saturated heterocycles. The third-order valence-electron chi connectivity index (χ3n) is 3.53. The molecule has 0 unspecified atom stereocenters. The molecule has 1 aliphatic heterocycles. The first-order valence-corrected chi connectivity index (χ1v) is 7.57. The highest BCUT2D eigenvalue weighted by Gasteiger charge is 2.26. The normalized spacial score (nSPS) is 22.1. The van der Waals surface area contributed by atoms with Crippen molar-refractivity contribution in [2.24, 2.45) is 0 Å². The third-order valence-corrected chi connectivity index (χ3v) is 4.26. The van der Waals surface area contributed by atoms with E-state index in [1.807, 2.05) is 0 Å². The van der Waals surface area contributed by atoms with Gasteiger partial charge in [-0.3, -0.25) is 9.69 Å². The number of nitrogens with zero attached hydrogens (tertiary/aromatic N) is 1. The van der Waals surface area contributed by atoms with E-state index in [1.54, 1.807) is 11.3 Å². The van der Waals surface area contributed by atoms with E-state index in [2.05, 4.69) is 28.7 Å². The summed E-state index contributed by atoms with van der Waals surface area (Å²) in [6.45, 7) is 4.66. The summed E-state index contributed by atoms with van der Waals surface area (Å²) in [7, 11) is 1.42. The van der Waals surface area contributed by atoms with Crippen molar-refractivity contribution < 1.29 is 14.3 Å². The van der Waals surface area contributed by atoms with Gasteiger partial charge >= 0.3 is 5.97 Å². The fourth-order valence-electron chi connectivity index (χ4n) is 2.41. The molecule has 1 aromatic rings. The monoisotopic (exact) mass is 283 g/mol. The van der Waals surface area contributed by atoms with Crippen LogP contribution >= 0.6 is 11.3 Å². The lowest BCUT2D eigenvalue weighted by molar-refractivity contribution is -0.146. The minimum absolute atomic E-state index is 0.0360. The standard InChI is InChI=1S/C14H21NO3S/c1-11(7-12-3-6-19-10-12)15-4-5-18-13(9-15)8-14(16)17-2/h3,6,10-11,13H,4-5,7-9H2,1-2H3/t11-,13-/m0/s1. The number of hydrogen-bond acceptors (Lipinski definition) is 5. The van der Waals surface area contributed by atoms with Gasteiger partial charge in [-0.05, 0) is 35.7 Å². The summed E-state index contributed by atoms with van der Waals surface area (Å²) < 4.78 is 10.3. The van der Waals surface area contributed by atoms with Crippen molar-refractivity contribution >= 4 is 17.3 Å². The van der Waals surface area contributed by atoms with Crippen LogP contribution in [0.3, 0.4) is 0 Å². The smallest absolute Gasteiger partial charge is 0.308 e. The molecule has 2 rings (SSSR count). The Hall–Kier alpha value is -0.910. The van der Waals surface area contributed by atoms with Crippen LogP contribution in [0.1, 0.15) is 18.9 Å². The average molecular weight is 283 g/mol. The number of ether oxygens (including phenoxy) is 2. The Morgan fingerprint density at radius 3 is 3.21 bits per heavy atom. The number of rotatable bonds is 5. The Morgan fingerprint density at radius 2 is 2.53 bits per heavy atom. The maximum absolute atomic E-state index is 11.3.